The van der Waals surface area contributed by atoms with Crippen LogP contribution in [0.1, 0.15) is 11.1 Å². The Morgan fingerprint density at radius 3 is 2.58 bits per heavy atom. The van der Waals surface area contributed by atoms with Gasteiger partial charge in [0.15, 0.2) is 0 Å². The molecule has 2 aromatic rings. The lowest BCUT2D eigenvalue weighted by Crippen LogP contribution is -2.09. The van der Waals surface area contributed by atoms with Crippen molar-refractivity contribution < 1.29 is 0 Å². The zero-order valence-corrected chi connectivity index (χ0v) is 13.4. The Hall–Kier alpha value is -1.10. The van der Waals surface area contributed by atoms with E-state index in [-0.39, 0.29) is 0 Å². The molecular formula is C14H12BrClN2S. The quantitative estimate of drug-likeness (QED) is 0.778. The van der Waals surface area contributed by atoms with Crippen molar-refractivity contribution in [2.75, 3.05) is 5.32 Å². The van der Waals surface area contributed by atoms with E-state index in [2.05, 4.69) is 21.2 Å². The Bertz CT molecular complexity index is 643. The molecule has 0 amide bonds. The highest BCUT2D eigenvalue weighted by molar-refractivity contribution is 9.10. The van der Waals surface area contributed by atoms with Crippen LogP contribution in [-0.4, -0.2) is 4.99 Å². The van der Waals surface area contributed by atoms with E-state index in [4.69, 9.17) is 29.6 Å². The maximum absolute atomic E-state index is 6.16. The summed E-state index contributed by atoms with van der Waals surface area (Å²) in [6.07, 6.45) is 0. The number of aryl methyl sites for hydroxylation is 1. The molecule has 2 rings (SSSR count). The van der Waals surface area contributed by atoms with Crippen LogP contribution in [0, 0.1) is 6.92 Å². The van der Waals surface area contributed by atoms with E-state index in [0.717, 1.165) is 27.0 Å². The maximum Gasteiger partial charge on any atom is 0.103 e. The Kier molecular flexibility index (Phi) is 4.45. The second-order valence-electron chi connectivity index (χ2n) is 4.14. The lowest BCUT2D eigenvalue weighted by Gasteiger charge is -2.12. The van der Waals surface area contributed by atoms with E-state index in [0.29, 0.717) is 10.0 Å². The molecule has 98 valence electrons. The first-order valence-corrected chi connectivity index (χ1v) is 7.18. The molecule has 0 heterocycles. The minimum atomic E-state index is 0.398. The number of thiocarbonyl (C=S) groups is 1. The molecule has 0 aromatic heterocycles. The van der Waals surface area contributed by atoms with Gasteiger partial charge in [-0.15, -0.1) is 0 Å². The Morgan fingerprint density at radius 2 is 1.95 bits per heavy atom. The van der Waals surface area contributed by atoms with Crippen molar-refractivity contribution in [3.63, 3.8) is 0 Å². The molecule has 19 heavy (non-hydrogen) atoms. The Balaban J connectivity index is 2.33. The smallest absolute Gasteiger partial charge is 0.103 e. The summed E-state index contributed by atoms with van der Waals surface area (Å²) in [7, 11) is 0. The summed E-state index contributed by atoms with van der Waals surface area (Å²) in [4.78, 5) is 0.398. The number of rotatable bonds is 3. The number of anilines is 2. The molecule has 0 bridgehead atoms. The van der Waals surface area contributed by atoms with Gasteiger partial charge in [-0.25, -0.2) is 0 Å². The van der Waals surface area contributed by atoms with Gasteiger partial charge in [0, 0.05) is 15.7 Å². The van der Waals surface area contributed by atoms with Crippen LogP contribution >= 0.6 is 39.7 Å². The molecule has 0 aliphatic carbocycles. The van der Waals surface area contributed by atoms with E-state index in [1.54, 1.807) is 0 Å². The second-order valence-corrected chi connectivity index (χ2v) is 5.91. The van der Waals surface area contributed by atoms with Gasteiger partial charge in [-0.2, -0.15) is 0 Å². The third-order valence-electron chi connectivity index (χ3n) is 2.71. The summed E-state index contributed by atoms with van der Waals surface area (Å²) in [5, 5.41) is 3.97. The maximum atomic E-state index is 6.16. The van der Waals surface area contributed by atoms with Crippen molar-refractivity contribution in [1.29, 1.82) is 0 Å². The second kappa shape index (κ2) is 5.90. The zero-order valence-electron chi connectivity index (χ0n) is 10.2. The average molecular weight is 356 g/mol. The summed E-state index contributed by atoms with van der Waals surface area (Å²) in [6.45, 7) is 2.00. The number of hydrogen-bond acceptors (Lipinski definition) is 2. The van der Waals surface area contributed by atoms with Crippen LogP contribution in [0.4, 0.5) is 11.4 Å². The fourth-order valence-electron chi connectivity index (χ4n) is 1.70. The molecule has 0 atom stereocenters. The summed E-state index contributed by atoms with van der Waals surface area (Å²) >= 11 is 14.5. The number of benzene rings is 2. The summed E-state index contributed by atoms with van der Waals surface area (Å²) < 4.78 is 0.969. The molecule has 0 aliphatic rings. The largest absolute Gasteiger partial charge is 0.389 e. The van der Waals surface area contributed by atoms with Crippen LogP contribution in [0.25, 0.3) is 0 Å². The highest BCUT2D eigenvalue weighted by Crippen LogP contribution is 2.30. The Labute approximate surface area is 131 Å². The first-order chi connectivity index (χ1) is 8.97. The molecule has 0 unspecified atom stereocenters. The minimum absolute atomic E-state index is 0.398. The van der Waals surface area contributed by atoms with Crippen LogP contribution in [0.2, 0.25) is 5.02 Å². The third kappa shape index (κ3) is 3.47. The average Bonchev–Trinajstić information content (AvgIpc) is 2.36. The van der Waals surface area contributed by atoms with E-state index in [1.165, 1.54) is 0 Å². The zero-order chi connectivity index (χ0) is 14.0. The fraction of sp³-hybridized carbons (Fsp3) is 0.0714. The monoisotopic (exact) mass is 354 g/mol. The Morgan fingerprint density at radius 1 is 1.21 bits per heavy atom. The van der Waals surface area contributed by atoms with E-state index < -0.39 is 0 Å². The van der Waals surface area contributed by atoms with Crippen molar-refractivity contribution in [3.05, 3.63) is 57.0 Å². The highest BCUT2D eigenvalue weighted by Gasteiger charge is 2.05. The van der Waals surface area contributed by atoms with Gasteiger partial charge >= 0.3 is 0 Å². The summed E-state index contributed by atoms with van der Waals surface area (Å²) in [6, 6.07) is 11.5. The fourth-order valence-corrected chi connectivity index (χ4v) is 2.35. The van der Waals surface area contributed by atoms with Gasteiger partial charge in [-0.05, 0) is 48.9 Å². The molecule has 2 nitrogen and oxygen atoms in total. The van der Waals surface area contributed by atoms with Crippen LogP contribution in [0.15, 0.2) is 40.9 Å². The summed E-state index contributed by atoms with van der Waals surface area (Å²) in [5.74, 6) is 0. The first kappa shape index (κ1) is 14.3. The van der Waals surface area contributed by atoms with Crippen LogP contribution < -0.4 is 11.1 Å². The molecule has 5 heteroatoms. The van der Waals surface area contributed by atoms with E-state index >= 15 is 0 Å². The predicted octanol–water partition coefficient (Wildman–Crippen LogP) is 4.79. The van der Waals surface area contributed by atoms with Gasteiger partial charge in [0.2, 0.25) is 0 Å². The predicted molar refractivity (Wildman–Crippen MR) is 89.5 cm³/mol. The lowest BCUT2D eigenvalue weighted by atomic mass is 10.1. The topological polar surface area (TPSA) is 38.0 Å². The number of nitrogens with one attached hydrogen (secondary N) is 1. The molecule has 0 saturated carbocycles. The van der Waals surface area contributed by atoms with Gasteiger partial charge in [0.25, 0.3) is 0 Å². The van der Waals surface area contributed by atoms with Gasteiger partial charge in [-0.1, -0.05) is 39.7 Å². The number of halogens is 2. The van der Waals surface area contributed by atoms with Crippen molar-refractivity contribution >= 4 is 56.1 Å². The van der Waals surface area contributed by atoms with Crippen molar-refractivity contribution in [3.8, 4) is 0 Å². The third-order valence-corrected chi connectivity index (χ3v) is 3.77. The van der Waals surface area contributed by atoms with Crippen molar-refractivity contribution in [1.82, 2.24) is 0 Å². The summed E-state index contributed by atoms with van der Waals surface area (Å²) in [5.41, 5.74) is 9.35. The lowest BCUT2D eigenvalue weighted by molar-refractivity contribution is 1.42. The SMILES string of the molecule is Cc1cc(C(N)=S)ccc1Nc1cc(Br)ccc1Cl. The van der Waals surface area contributed by atoms with Gasteiger partial charge in [-0.3, -0.25) is 0 Å². The van der Waals surface area contributed by atoms with Crippen LogP contribution in [0.5, 0.6) is 0 Å². The molecule has 3 N–H and O–H groups in total. The molecule has 0 spiro atoms. The van der Waals surface area contributed by atoms with Crippen LogP contribution in [0.3, 0.4) is 0 Å². The standard InChI is InChI=1S/C14H12BrClN2S/c1-8-6-9(14(17)19)2-5-12(8)18-13-7-10(15)3-4-11(13)16/h2-7,18H,1H3,(H2,17,19). The minimum Gasteiger partial charge on any atom is -0.389 e. The van der Waals surface area contributed by atoms with Gasteiger partial charge in [0.1, 0.15) is 4.99 Å². The van der Waals surface area contributed by atoms with Crippen LogP contribution in [-0.2, 0) is 0 Å². The number of nitrogens with two attached hydrogens (primary N) is 1. The van der Waals surface area contributed by atoms with Crippen molar-refractivity contribution in [2.45, 2.75) is 6.92 Å². The molecule has 0 radical (unpaired) electrons. The molecule has 0 saturated heterocycles. The first-order valence-electron chi connectivity index (χ1n) is 5.60. The van der Waals surface area contributed by atoms with E-state index in [1.807, 2.05) is 43.3 Å². The van der Waals surface area contributed by atoms with Gasteiger partial charge < -0.3 is 11.1 Å². The molecule has 0 aliphatic heterocycles. The molecule has 2 aromatic carbocycles. The normalized spacial score (nSPS) is 10.3. The number of hydrogen-bond donors (Lipinski definition) is 2. The van der Waals surface area contributed by atoms with Crippen molar-refractivity contribution in [2.24, 2.45) is 5.73 Å². The van der Waals surface area contributed by atoms with E-state index in [9.17, 15) is 0 Å². The highest BCUT2D eigenvalue weighted by atomic mass is 79.9. The van der Waals surface area contributed by atoms with Gasteiger partial charge in [0.05, 0.1) is 10.7 Å². The molecule has 0 fully saturated rings. The molecular weight excluding hydrogens is 344 g/mol.